The van der Waals surface area contributed by atoms with Gasteiger partial charge < -0.3 is 5.32 Å². The summed E-state index contributed by atoms with van der Waals surface area (Å²) >= 11 is 1.69. The number of hydrogen-bond acceptors (Lipinski definition) is 5. The number of anilines is 1. The van der Waals surface area contributed by atoms with E-state index >= 15 is 0 Å². The number of nitrogens with zero attached hydrogens (tertiary/aromatic N) is 3. The lowest BCUT2D eigenvalue weighted by atomic mass is 10.4. The summed E-state index contributed by atoms with van der Waals surface area (Å²) in [5, 5.41) is 17.8. The molecule has 0 saturated carbocycles. The number of hydrogen-bond donors (Lipinski definition) is 1. The van der Waals surface area contributed by atoms with Gasteiger partial charge in [0.25, 0.3) is 0 Å². The van der Waals surface area contributed by atoms with Gasteiger partial charge in [-0.3, -0.25) is 10.1 Å². The van der Waals surface area contributed by atoms with Gasteiger partial charge in [-0.05, 0) is 13.2 Å². The summed E-state index contributed by atoms with van der Waals surface area (Å²) in [5.41, 5.74) is 0.507. The Bertz CT molecular complexity index is 364. The topological polar surface area (TPSA) is 73.0 Å². The standard InChI is InChI=1S/C8H14N4O2S/c1-6-7(12(13)14)8(11(2)10-6)9-4-5-15-3/h9H,4-5H2,1-3H3. The molecule has 0 fully saturated rings. The Morgan fingerprint density at radius 1 is 1.67 bits per heavy atom. The quantitative estimate of drug-likeness (QED) is 0.470. The molecule has 84 valence electrons. The van der Waals surface area contributed by atoms with Gasteiger partial charge in [0.1, 0.15) is 5.69 Å². The molecule has 0 atom stereocenters. The Labute approximate surface area is 92.2 Å². The molecule has 1 rings (SSSR count). The summed E-state index contributed by atoms with van der Waals surface area (Å²) < 4.78 is 1.51. The molecule has 0 bridgehead atoms. The lowest BCUT2D eigenvalue weighted by Gasteiger charge is -2.04. The minimum Gasteiger partial charge on any atom is -0.364 e. The summed E-state index contributed by atoms with van der Waals surface area (Å²) in [5.74, 6) is 1.38. The van der Waals surface area contributed by atoms with Crippen LogP contribution >= 0.6 is 11.8 Å². The first-order chi connectivity index (χ1) is 7.07. The van der Waals surface area contributed by atoms with Crippen molar-refractivity contribution < 1.29 is 4.92 Å². The molecule has 0 radical (unpaired) electrons. The van der Waals surface area contributed by atoms with Crippen LogP contribution in [0.4, 0.5) is 11.5 Å². The van der Waals surface area contributed by atoms with Crippen molar-refractivity contribution in [3.8, 4) is 0 Å². The highest BCUT2D eigenvalue weighted by molar-refractivity contribution is 7.98. The van der Waals surface area contributed by atoms with Crippen molar-refractivity contribution in [2.45, 2.75) is 6.92 Å². The number of aromatic nitrogens is 2. The molecule has 0 aliphatic carbocycles. The van der Waals surface area contributed by atoms with E-state index in [1.165, 1.54) is 4.68 Å². The summed E-state index contributed by atoms with van der Waals surface area (Å²) in [7, 11) is 1.70. The van der Waals surface area contributed by atoms with Crippen molar-refractivity contribution in [1.82, 2.24) is 9.78 Å². The van der Waals surface area contributed by atoms with Crippen molar-refractivity contribution >= 4 is 23.3 Å². The summed E-state index contributed by atoms with van der Waals surface area (Å²) in [6, 6.07) is 0. The van der Waals surface area contributed by atoms with E-state index in [1.54, 1.807) is 25.7 Å². The van der Waals surface area contributed by atoms with Gasteiger partial charge in [-0.15, -0.1) is 0 Å². The van der Waals surface area contributed by atoms with E-state index in [2.05, 4.69) is 10.4 Å². The molecule has 1 aromatic heterocycles. The average Bonchev–Trinajstić information content (AvgIpc) is 2.42. The molecule has 15 heavy (non-hydrogen) atoms. The zero-order valence-corrected chi connectivity index (χ0v) is 9.80. The fraction of sp³-hybridized carbons (Fsp3) is 0.625. The number of nitrogens with one attached hydrogen (secondary N) is 1. The largest absolute Gasteiger partial charge is 0.364 e. The SMILES string of the molecule is CSCCNc1c([N+](=O)[O-])c(C)nn1C. The van der Waals surface area contributed by atoms with Crippen molar-refractivity contribution in [1.29, 1.82) is 0 Å². The van der Waals surface area contributed by atoms with Crippen LogP contribution in [0.5, 0.6) is 0 Å². The van der Waals surface area contributed by atoms with Crippen LogP contribution < -0.4 is 5.32 Å². The van der Waals surface area contributed by atoms with Crippen LogP contribution in [0.3, 0.4) is 0 Å². The predicted molar refractivity (Wildman–Crippen MR) is 61.5 cm³/mol. The number of nitro groups is 1. The van der Waals surface area contributed by atoms with Gasteiger partial charge in [0.15, 0.2) is 0 Å². The van der Waals surface area contributed by atoms with Crippen molar-refractivity contribution in [2.75, 3.05) is 23.9 Å². The molecule has 1 heterocycles. The lowest BCUT2D eigenvalue weighted by Crippen LogP contribution is -2.09. The van der Waals surface area contributed by atoms with Crippen LogP contribution in [0.1, 0.15) is 5.69 Å². The third-order valence-corrected chi connectivity index (χ3v) is 2.58. The van der Waals surface area contributed by atoms with Gasteiger partial charge >= 0.3 is 5.69 Å². The molecule has 1 aromatic rings. The maximum absolute atomic E-state index is 10.8. The van der Waals surface area contributed by atoms with E-state index in [9.17, 15) is 10.1 Å². The first-order valence-corrected chi connectivity index (χ1v) is 5.88. The number of thioether (sulfide) groups is 1. The molecule has 0 spiro atoms. The zero-order valence-electron chi connectivity index (χ0n) is 8.98. The molecule has 0 saturated heterocycles. The fourth-order valence-electron chi connectivity index (χ4n) is 1.34. The van der Waals surface area contributed by atoms with Crippen LogP contribution in [0.25, 0.3) is 0 Å². The van der Waals surface area contributed by atoms with E-state index in [4.69, 9.17) is 0 Å². The van der Waals surface area contributed by atoms with E-state index in [1.807, 2.05) is 6.26 Å². The van der Waals surface area contributed by atoms with Gasteiger partial charge in [0.2, 0.25) is 5.82 Å². The molecular weight excluding hydrogens is 216 g/mol. The average molecular weight is 230 g/mol. The number of rotatable bonds is 5. The highest BCUT2D eigenvalue weighted by atomic mass is 32.2. The Morgan fingerprint density at radius 3 is 2.87 bits per heavy atom. The molecule has 0 amide bonds. The van der Waals surface area contributed by atoms with E-state index < -0.39 is 4.92 Å². The van der Waals surface area contributed by atoms with Crippen molar-refractivity contribution in [3.05, 3.63) is 15.8 Å². The van der Waals surface area contributed by atoms with Gasteiger partial charge in [0, 0.05) is 19.3 Å². The second-order valence-electron chi connectivity index (χ2n) is 3.08. The monoisotopic (exact) mass is 230 g/mol. The molecule has 0 aromatic carbocycles. The molecule has 0 unspecified atom stereocenters. The summed E-state index contributed by atoms with van der Waals surface area (Å²) in [6.45, 7) is 2.33. The van der Waals surface area contributed by atoms with E-state index in [0.29, 0.717) is 18.1 Å². The lowest BCUT2D eigenvalue weighted by molar-refractivity contribution is -0.384. The van der Waals surface area contributed by atoms with Crippen molar-refractivity contribution in [2.24, 2.45) is 7.05 Å². The minimum atomic E-state index is -0.399. The highest BCUT2D eigenvalue weighted by Gasteiger charge is 2.23. The Balaban J connectivity index is 2.89. The van der Waals surface area contributed by atoms with E-state index in [0.717, 1.165) is 5.75 Å². The zero-order chi connectivity index (χ0) is 11.4. The summed E-state index contributed by atoms with van der Waals surface area (Å²) in [6.07, 6.45) is 1.99. The van der Waals surface area contributed by atoms with Gasteiger partial charge in [0.05, 0.1) is 4.92 Å². The Morgan fingerprint density at radius 2 is 2.33 bits per heavy atom. The van der Waals surface area contributed by atoms with Crippen LogP contribution in [0.2, 0.25) is 0 Å². The Kier molecular flexibility index (Phi) is 3.96. The van der Waals surface area contributed by atoms with Gasteiger partial charge in [-0.1, -0.05) is 0 Å². The third kappa shape index (κ3) is 2.62. The first-order valence-electron chi connectivity index (χ1n) is 4.48. The predicted octanol–water partition coefficient (Wildman–Crippen LogP) is 1.41. The highest BCUT2D eigenvalue weighted by Crippen LogP contribution is 2.26. The third-order valence-electron chi connectivity index (χ3n) is 1.97. The molecule has 1 N–H and O–H groups in total. The second-order valence-corrected chi connectivity index (χ2v) is 4.07. The maximum Gasteiger partial charge on any atom is 0.333 e. The van der Waals surface area contributed by atoms with Gasteiger partial charge in [-0.2, -0.15) is 16.9 Å². The molecule has 0 aliphatic heterocycles. The normalized spacial score (nSPS) is 10.3. The molecule has 6 nitrogen and oxygen atoms in total. The number of aryl methyl sites for hydroxylation is 2. The smallest absolute Gasteiger partial charge is 0.333 e. The fourth-order valence-corrected chi connectivity index (χ4v) is 1.64. The molecule has 0 aliphatic rings. The van der Waals surface area contributed by atoms with Crippen molar-refractivity contribution in [3.63, 3.8) is 0 Å². The van der Waals surface area contributed by atoms with Gasteiger partial charge in [-0.25, -0.2) is 4.68 Å². The second kappa shape index (κ2) is 5.01. The maximum atomic E-state index is 10.8. The molecule has 7 heteroatoms. The van der Waals surface area contributed by atoms with Crippen LogP contribution in [-0.2, 0) is 7.05 Å². The first kappa shape index (κ1) is 11.8. The summed E-state index contributed by atoms with van der Waals surface area (Å²) in [4.78, 5) is 10.4. The molecular formula is C8H14N4O2S. The minimum absolute atomic E-state index is 0.0682. The van der Waals surface area contributed by atoms with E-state index in [-0.39, 0.29) is 5.69 Å². The van der Waals surface area contributed by atoms with Crippen LogP contribution in [0.15, 0.2) is 0 Å². The Hall–Kier alpha value is -1.24. The van der Waals surface area contributed by atoms with Crippen LogP contribution in [0, 0.1) is 17.0 Å². The van der Waals surface area contributed by atoms with Crippen LogP contribution in [-0.4, -0.2) is 33.3 Å².